The minimum Gasteiger partial charge on any atom is -0.367 e. The van der Waals surface area contributed by atoms with E-state index >= 15 is 0 Å². The largest absolute Gasteiger partial charge is 0.367 e. The minimum absolute atomic E-state index is 0. The van der Waals surface area contributed by atoms with Gasteiger partial charge in [0, 0.05) is 4.47 Å². The van der Waals surface area contributed by atoms with Gasteiger partial charge in [-0.25, -0.2) is 5.43 Å². The Morgan fingerprint density at radius 1 is 1.04 bits per heavy atom. The molecule has 0 spiro atoms. The van der Waals surface area contributed by atoms with Crippen molar-refractivity contribution < 1.29 is 0 Å². The van der Waals surface area contributed by atoms with E-state index < -0.39 is 0 Å². The smallest absolute Gasteiger partial charge is 0.234 e. The van der Waals surface area contributed by atoms with Gasteiger partial charge in [0.25, 0.3) is 0 Å². The van der Waals surface area contributed by atoms with Crippen molar-refractivity contribution in [2.75, 3.05) is 0 Å². The molecular weight excluding hydrogens is 436 g/mol. The second-order valence-corrected chi connectivity index (χ2v) is 5.30. The number of hydrogen-bond donors (Lipinski definition) is 2. The molecule has 0 aliphatic carbocycles. The number of guanidine groups is 1. The number of rotatable bonds is 4. The molecule has 0 aliphatic rings. The number of nitrogens with zero attached hydrogens (tertiary/aromatic N) is 4. The number of nitriles is 1. The molecule has 2 aromatic carbocycles. The van der Waals surface area contributed by atoms with Crippen molar-refractivity contribution in [3.63, 3.8) is 0 Å². The molecule has 0 fully saturated rings. The third kappa shape index (κ3) is 6.73. The Balaban J connectivity index is 0.00000288. The second kappa shape index (κ2) is 10.3. The van der Waals surface area contributed by atoms with E-state index in [1.54, 1.807) is 36.7 Å². The maximum atomic E-state index is 8.71. The monoisotopic (exact) mass is 448 g/mol. The average Bonchev–Trinajstić information content (AvgIpc) is 2.57. The van der Waals surface area contributed by atoms with Gasteiger partial charge in [0.15, 0.2) is 0 Å². The summed E-state index contributed by atoms with van der Waals surface area (Å²) in [7, 11) is 0. The fraction of sp³-hybridized carbons (Fsp3) is 0. The Labute approximate surface area is 158 Å². The third-order valence-electron chi connectivity index (χ3n) is 2.67. The Hall–Kier alpha value is -2.50. The minimum atomic E-state index is 0. The van der Waals surface area contributed by atoms with Crippen molar-refractivity contribution in [2.45, 2.75) is 0 Å². The lowest BCUT2D eigenvalue weighted by Gasteiger charge is -1.96. The first kappa shape index (κ1) is 19.5. The van der Waals surface area contributed by atoms with Gasteiger partial charge in [-0.3, -0.25) is 0 Å². The highest BCUT2D eigenvalue weighted by atomic mass is 79.9. The van der Waals surface area contributed by atoms with Crippen LogP contribution < -0.4 is 11.2 Å². The number of nitrogens with one attached hydrogen (secondary N) is 1. The lowest BCUT2D eigenvalue weighted by Crippen LogP contribution is -2.26. The van der Waals surface area contributed by atoms with Crippen molar-refractivity contribution in [1.82, 2.24) is 5.43 Å². The van der Waals surface area contributed by atoms with E-state index in [1.807, 2.05) is 24.3 Å². The SMILES string of the molecule is Br.N#Cc1ccc(/C=N/NC(N)=N/N=C/c2ccc(Br)cc2)cc1. The molecule has 0 bridgehead atoms. The maximum Gasteiger partial charge on any atom is 0.234 e. The first-order chi connectivity index (χ1) is 11.2. The third-order valence-corrected chi connectivity index (χ3v) is 3.20. The maximum absolute atomic E-state index is 8.71. The van der Waals surface area contributed by atoms with Gasteiger partial charge in [-0.15, -0.1) is 22.1 Å². The van der Waals surface area contributed by atoms with Crippen LogP contribution in [0, 0.1) is 11.3 Å². The fourth-order valence-electron chi connectivity index (χ4n) is 1.55. The lowest BCUT2D eigenvalue weighted by atomic mass is 10.2. The van der Waals surface area contributed by atoms with E-state index in [1.165, 1.54) is 0 Å². The van der Waals surface area contributed by atoms with E-state index in [-0.39, 0.29) is 22.9 Å². The van der Waals surface area contributed by atoms with E-state index in [9.17, 15) is 0 Å². The van der Waals surface area contributed by atoms with Crippen LogP contribution in [0.4, 0.5) is 0 Å². The zero-order valence-corrected chi connectivity index (χ0v) is 15.7. The molecule has 3 N–H and O–H groups in total. The van der Waals surface area contributed by atoms with Crippen molar-refractivity contribution in [3.8, 4) is 6.07 Å². The van der Waals surface area contributed by atoms with Gasteiger partial charge in [0.1, 0.15) is 0 Å². The van der Waals surface area contributed by atoms with Crippen LogP contribution in [-0.4, -0.2) is 18.4 Å². The molecule has 6 nitrogen and oxygen atoms in total. The van der Waals surface area contributed by atoms with E-state index in [0.717, 1.165) is 15.6 Å². The van der Waals surface area contributed by atoms with Gasteiger partial charge in [-0.1, -0.05) is 40.2 Å². The zero-order chi connectivity index (χ0) is 16.5. The fourth-order valence-corrected chi connectivity index (χ4v) is 1.81. The first-order valence-corrected chi connectivity index (χ1v) is 7.38. The molecule has 0 saturated heterocycles. The van der Waals surface area contributed by atoms with Crippen LogP contribution in [0.3, 0.4) is 0 Å². The summed E-state index contributed by atoms with van der Waals surface area (Å²) in [6, 6.07) is 16.7. The molecule has 0 atom stereocenters. The van der Waals surface area contributed by atoms with Crippen LogP contribution in [0.25, 0.3) is 0 Å². The van der Waals surface area contributed by atoms with Crippen molar-refractivity contribution in [2.24, 2.45) is 21.0 Å². The number of hydrazone groups is 1. The van der Waals surface area contributed by atoms with Crippen molar-refractivity contribution >= 4 is 51.3 Å². The summed E-state index contributed by atoms with van der Waals surface area (Å²) in [6.45, 7) is 0. The van der Waals surface area contributed by atoms with Gasteiger partial charge in [-0.05, 0) is 35.4 Å². The Morgan fingerprint density at radius 3 is 2.25 bits per heavy atom. The molecule has 0 saturated carbocycles. The molecule has 8 heteroatoms. The summed E-state index contributed by atoms with van der Waals surface area (Å²) in [4.78, 5) is 0. The molecule has 122 valence electrons. The van der Waals surface area contributed by atoms with Gasteiger partial charge in [0.05, 0.1) is 24.1 Å². The number of benzene rings is 2. The topological polar surface area (TPSA) is 98.9 Å². The molecule has 0 radical (unpaired) electrons. The van der Waals surface area contributed by atoms with Gasteiger partial charge < -0.3 is 5.73 Å². The van der Waals surface area contributed by atoms with Crippen LogP contribution in [0.1, 0.15) is 16.7 Å². The van der Waals surface area contributed by atoms with Crippen LogP contribution in [0.5, 0.6) is 0 Å². The molecule has 0 unspecified atom stereocenters. The standard InChI is InChI=1S/C16H13BrN6.BrH/c17-15-7-5-14(6-8-15)11-21-23-16(19)22-20-10-13-3-1-12(9-18)2-4-13;/h1-8,10-11H,(H3,19,22,23);1H/b20-10+,21-11+;. The normalized spacial score (nSPS) is 11.2. The van der Waals surface area contributed by atoms with Gasteiger partial charge in [-0.2, -0.15) is 15.5 Å². The Kier molecular flexibility index (Phi) is 8.39. The number of halogens is 2. The first-order valence-electron chi connectivity index (χ1n) is 6.58. The summed E-state index contributed by atoms with van der Waals surface area (Å²) < 4.78 is 0.997. The highest BCUT2D eigenvalue weighted by molar-refractivity contribution is 9.10. The molecule has 0 amide bonds. The summed E-state index contributed by atoms with van der Waals surface area (Å²) in [5.41, 5.74) is 10.5. The highest BCUT2D eigenvalue weighted by Gasteiger charge is 1.91. The number of hydrogen-bond acceptors (Lipinski definition) is 4. The van der Waals surface area contributed by atoms with E-state index in [0.29, 0.717) is 5.56 Å². The number of nitrogens with two attached hydrogens (primary N) is 1. The van der Waals surface area contributed by atoms with Crippen LogP contribution in [-0.2, 0) is 0 Å². The average molecular weight is 450 g/mol. The molecule has 2 aromatic rings. The summed E-state index contributed by atoms with van der Waals surface area (Å²) >= 11 is 3.36. The second-order valence-electron chi connectivity index (χ2n) is 4.39. The Bertz CT molecular complexity index is 774. The molecule has 0 aliphatic heterocycles. The van der Waals surface area contributed by atoms with Crippen LogP contribution in [0.15, 0.2) is 68.3 Å². The van der Waals surface area contributed by atoms with Crippen LogP contribution in [0.2, 0.25) is 0 Å². The summed E-state index contributed by atoms with van der Waals surface area (Å²) in [5.74, 6) is 0.0725. The van der Waals surface area contributed by atoms with E-state index in [2.05, 4.69) is 42.7 Å². The Morgan fingerprint density at radius 2 is 1.62 bits per heavy atom. The lowest BCUT2D eigenvalue weighted by molar-refractivity contribution is 0.994. The highest BCUT2D eigenvalue weighted by Crippen LogP contribution is 2.09. The molecule has 0 heterocycles. The predicted molar refractivity (Wildman–Crippen MR) is 106 cm³/mol. The van der Waals surface area contributed by atoms with E-state index in [4.69, 9.17) is 11.0 Å². The quantitative estimate of drug-likeness (QED) is 0.426. The summed E-state index contributed by atoms with van der Waals surface area (Å²) in [6.07, 6.45) is 3.16. The van der Waals surface area contributed by atoms with Gasteiger partial charge in [0.2, 0.25) is 5.96 Å². The molecular formula is C16H14Br2N6. The van der Waals surface area contributed by atoms with Gasteiger partial charge >= 0.3 is 0 Å². The van der Waals surface area contributed by atoms with Crippen molar-refractivity contribution in [1.29, 1.82) is 5.26 Å². The predicted octanol–water partition coefficient (Wildman–Crippen LogP) is 3.17. The molecule has 0 aromatic heterocycles. The zero-order valence-electron chi connectivity index (χ0n) is 12.4. The summed E-state index contributed by atoms with van der Waals surface area (Å²) in [5, 5.41) is 20.3. The molecule has 24 heavy (non-hydrogen) atoms. The van der Waals surface area contributed by atoms with Crippen LogP contribution >= 0.6 is 32.9 Å². The van der Waals surface area contributed by atoms with Crippen molar-refractivity contribution in [3.05, 3.63) is 69.7 Å². The molecule has 2 rings (SSSR count).